The first-order chi connectivity index (χ1) is 12.8. The number of nitrogens with zero attached hydrogens (tertiary/aromatic N) is 2. The van der Waals surface area contributed by atoms with Crippen LogP contribution in [0.3, 0.4) is 0 Å². The first-order valence-corrected chi connectivity index (χ1v) is 9.31. The van der Waals surface area contributed by atoms with E-state index in [0.717, 1.165) is 68.8 Å². The number of methoxy groups -OCH3 is 1. The summed E-state index contributed by atoms with van der Waals surface area (Å²) >= 11 is 0. The molecule has 1 aromatic heterocycles. The van der Waals surface area contributed by atoms with Crippen LogP contribution in [0.15, 0.2) is 43.0 Å². The zero-order valence-electron chi connectivity index (χ0n) is 15.5. The molecule has 1 aliphatic heterocycles. The molecule has 140 valence electrons. The van der Waals surface area contributed by atoms with Crippen molar-refractivity contribution >= 4 is 10.9 Å². The van der Waals surface area contributed by atoms with Crippen LogP contribution in [0.4, 0.5) is 0 Å². The number of hydrogen-bond acceptors (Lipinski definition) is 5. The second kappa shape index (κ2) is 9.55. The fraction of sp³-hybridized carbons (Fsp3) is 0.476. The molecule has 26 heavy (non-hydrogen) atoms. The molecule has 0 spiro atoms. The first kappa shape index (κ1) is 18.7. The van der Waals surface area contributed by atoms with Gasteiger partial charge in [0.1, 0.15) is 17.4 Å². The summed E-state index contributed by atoms with van der Waals surface area (Å²) in [6.45, 7) is 8.36. The molecule has 2 heterocycles. The normalized spacial score (nSPS) is 16.8. The minimum atomic E-state index is 0.0748. The minimum absolute atomic E-state index is 0.0748. The number of pyridine rings is 1. The Morgan fingerprint density at radius 1 is 1.27 bits per heavy atom. The van der Waals surface area contributed by atoms with E-state index >= 15 is 0 Å². The van der Waals surface area contributed by atoms with E-state index in [2.05, 4.69) is 16.5 Å². The van der Waals surface area contributed by atoms with E-state index in [0.29, 0.717) is 5.88 Å². The average molecular weight is 356 g/mol. The Hall–Kier alpha value is -2.11. The minimum Gasteiger partial charge on any atom is -0.494 e. The Bertz CT molecular complexity index is 711. The second-order valence-electron chi connectivity index (χ2n) is 6.55. The molecule has 1 aromatic carbocycles. The van der Waals surface area contributed by atoms with Gasteiger partial charge < -0.3 is 14.2 Å². The third kappa shape index (κ3) is 4.96. The summed E-state index contributed by atoms with van der Waals surface area (Å²) in [5.41, 5.74) is 0.832. The largest absolute Gasteiger partial charge is 0.494 e. The number of benzene rings is 1. The molecule has 1 saturated heterocycles. The van der Waals surface area contributed by atoms with E-state index in [1.54, 1.807) is 7.11 Å². The molecule has 2 aromatic rings. The summed E-state index contributed by atoms with van der Waals surface area (Å²) in [5, 5.41) is 1.05. The van der Waals surface area contributed by atoms with Crippen molar-refractivity contribution in [1.82, 2.24) is 9.88 Å². The topological polar surface area (TPSA) is 43.8 Å². The molecule has 0 aliphatic carbocycles. The van der Waals surface area contributed by atoms with Gasteiger partial charge in [0.25, 0.3) is 0 Å². The summed E-state index contributed by atoms with van der Waals surface area (Å²) in [6, 6.07) is 9.89. The molecule has 5 heteroatoms. The Labute approximate surface area is 155 Å². The number of rotatable bonds is 8. The molecule has 5 nitrogen and oxygen atoms in total. The Balaban J connectivity index is 1.74. The Morgan fingerprint density at radius 2 is 2.19 bits per heavy atom. The molecular weight excluding hydrogens is 328 g/mol. The van der Waals surface area contributed by atoms with E-state index in [4.69, 9.17) is 14.2 Å². The number of para-hydroxylation sites is 1. The molecule has 3 rings (SSSR count). The third-order valence-electron chi connectivity index (χ3n) is 4.63. The predicted octanol–water partition coefficient (Wildman–Crippen LogP) is 3.68. The van der Waals surface area contributed by atoms with Crippen LogP contribution in [0.5, 0.6) is 11.6 Å². The van der Waals surface area contributed by atoms with Gasteiger partial charge in [-0.05, 0) is 31.4 Å². The maximum atomic E-state index is 6.27. The van der Waals surface area contributed by atoms with Crippen molar-refractivity contribution in [3.63, 3.8) is 0 Å². The lowest BCUT2D eigenvalue weighted by atomic mass is 10.1. The van der Waals surface area contributed by atoms with Gasteiger partial charge in [0.05, 0.1) is 13.7 Å². The van der Waals surface area contributed by atoms with Crippen molar-refractivity contribution in [2.45, 2.75) is 25.4 Å². The number of allylic oxidation sites excluding steroid dienone is 1. The van der Waals surface area contributed by atoms with Gasteiger partial charge in [-0.1, -0.05) is 18.2 Å². The standard InChI is InChI=1S/C21H28N2O3/c1-3-4-8-18(16-23-12-6-14-25-15-13-23)26-20-11-10-17-7-5-9-19(24-2)21(17)22-20/h3,5,7,9-11,18H,1,4,6,8,12-16H2,2H3. The van der Waals surface area contributed by atoms with Crippen molar-refractivity contribution in [3.05, 3.63) is 43.0 Å². The Morgan fingerprint density at radius 3 is 3.04 bits per heavy atom. The smallest absolute Gasteiger partial charge is 0.214 e. The van der Waals surface area contributed by atoms with Crippen molar-refractivity contribution < 1.29 is 14.2 Å². The highest BCUT2D eigenvalue weighted by atomic mass is 16.5. The summed E-state index contributed by atoms with van der Waals surface area (Å²) in [5.74, 6) is 1.40. The number of ether oxygens (including phenoxy) is 3. The van der Waals surface area contributed by atoms with Crippen LogP contribution in [0, 0.1) is 0 Å². The van der Waals surface area contributed by atoms with Crippen LogP contribution < -0.4 is 9.47 Å². The molecule has 1 fully saturated rings. The van der Waals surface area contributed by atoms with Crippen molar-refractivity contribution in [2.24, 2.45) is 0 Å². The lowest BCUT2D eigenvalue weighted by Crippen LogP contribution is -2.37. The summed E-state index contributed by atoms with van der Waals surface area (Å²) in [6.07, 6.45) is 4.93. The van der Waals surface area contributed by atoms with Gasteiger partial charge in [-0.2, -0.15) is 0 Å². The van der Waals surface area contributed by atoms with Crippen molar-refractivity contribution in [3.8, 4) is 11.6 Å². The maximum Gasteiger partial charge on any atom is 0.214 e. The van der Waals surface area contributed by atoms with Gasteiger partial charge >= 0.3 is 0 Å². The molecule has 0 N–H and O–H groups in total. The van der Waals surface area contributed by atoms with Gasteiger partial charge in [0.15, 0.2) is 0 Å². The zero-order valence-corrected chi connectivity index (χ0v) is 15.5. The molecule has 0 saturated carbocycles. The summed E-state index contributed by atoms with van der Waals surface area (Å²) < 4.78 is 17.3. The van der Waals surface area contributed by atoms with Gasteiger partial charge in [-0.25, -0.2) is 4.98 Å². The quantitative estimate of drug-likeness (QED) is 0.675. The van der Waals surface area contributed by atoms with Crippen LogP contribution in [-0.2, 0) is 4.74 Å². The van der Waals surface area contributed by atoms with Gasteiger partial charge in [0.2, 0.25) is 5.88 Å². The molecule has 0 amide bonds. The molecule has 1 unspecified atom stereocenters. The SMILES string of the molecule is C=CCCC(CN1CCCOCC1)Oc1ccc2cccc(OC)c2n1. The number of hydrogen-bond donors (Lipinski definition) is 0. The van der Waals surface area contributed by atoms with E-state index in [-0.39, 0.29) is 6.10 Å². The van der Waals surface area contributed by atoms with E-state index in [9.17, 15) is 0 Å². The highest BCUT2D eigenvalue weighted by molar-refractivity contribution is 5.84. The molecule has 1 atom stereocenters. The lowest BCUT2D eigenvalue weighted by Gasteiger charge is -2.26. The van der Waals surface area contributed by atoms with Crippen molar-refractivity contribution in [1.29, 1.82) is 0 Å². The zero-order chi connectivity index (χ0) is 18.2. The van der Waals surface area contributed by atoms with Crippen LogP contribution in [-0.4, -0.2) is 55.9 Å². The molecule has 0 bridgehead atoms. The van der Waals surface area contributed by atoms with Crippen LogP contribution in [0.25, 0.3) is 10.9 Å². The third-order valence-corrected chi connectivity index (χ3v) is 4.63. The second-order valence-corrected chi connectivity index (χ2v) is 6.55. The van der Waals surface area contributed by atoms with Gasteiger partial charge in [-0.3, -0.25) is 4.90 Å². The predicted molar refractivity (Wildman–Crippen MR) is 104 cm³/mol. The summed E-state index contributed by atoms with van der Waals surface area (Å²) in [7, 11) is 1.66. The van der Waals surface area contributed by atoms with Crippen LogP contribution in [0.1, 0.15) is 19.3 Å². The van der Waals surface area contributed by atoms with Gasteiger partial charge in [0, 0.05) is 37.7 Å². The lowest BCUT2D eigenvalue weighted by molar-refractivity contribution is 0.110. The van der Waals surface area contributed by atoms with E-state index in [1.807, 2.05) is 36.4 Å². The first-order valence-electron chi connectivity index (χ1n) is 9.31. The fourth-order valence-corrected chi connectivity index (χ4v) is 3.26. The Kier molecular flexibility index (Phi) is 6.86. The number of fused-ring (bicyclic) bond motifs is 1. The fourth-order valence-electron chi connectivity index (χ4n) is 3.26. The van der Waals surface area contributed by atoms with Crippen molar-refractivity contribution in [2.75, 3.05) is 40.0 Å². The monoisotopic (exact) mass is 356 g/mol. The average Bonchev–Trinajstić information content (AvgIpc) is 2.94. The van der Waals surface area contributed by atoms with Crippen LogP contribution >= 0.6 is 0 Å². The molecule has 1 aliphatic rings. The summed E-state index contributed by atoms with van der Waals surface area (Å²) in [4.78, 5) is 7.11. The number of aromatic nitrogens is 1. The molecular formula is C21H28N2O3. The van der Waals surface area contributed by atoms with E-state index in [1.165, 1.54) is 0 Å². The van der Waals surface area contributed by atoms with Crippen LogP contribution in [0.2, 0.25) is 0 Å². The van der Waals surface area contributed by atoms with E-state index < -0.39 is 0 Å². The highest BCUT2D eigenvalue weighted by Crippen LogP contribution is 2.26. The molecule has 0 radical (unpaired) electrons. The van der Waals surface area contributed by atoms with Gasteiger partial charge in [-0.15, -0.1) is 6.58 Å². The maximum absolute atomic E-state index is 6.27. The highest BCUT2D eigenvalue weighted by Gasteiger charge is 2.18.